The highest BCUT2D eigenvalue weighted by molar-refractivity contribution is 7.99. The summed E-state index contributed by atoms with van der Waals surface area (Å²) in [6, 6.07) is 0.663. The molecule has 1 fully saturated rings. The van der Waals surface area contributed by atoms with Crippen molar-refractivity contribution in [2.45, 2.75) is 45.7 Å². The predicted molar refractivity (Wildman–Crippen MR) is 83.1 cm³/mol. The Kier molecular flexibility index (Phi) is 6.55. The molecule has 18 heavy (non-hydrogen) atoms. The molecule has 0 radical (unpaired) electrons. The zero-order valence-electron chi connectivity index (χ0n) is 12.3. The van der Waals surface area contributed by atoms with Gasteiger partial charge in [0.25, 0.3) is 0 Å². The van der Waals surface area contributed by atoms with Crippen molar-refractivity contribution in [2.75, 3.05) is 31.1 Å². The highest BCUT2D eigenvalue weighted by atomic mass is 32.2. The van der Waals surface area contributed by atoms with E-state index in [-0.39, 0.29) is 5.54 Å². The van der Waals surface area contributed by atoms with Gasteiger partial charge in [0.2, 0.25) is 0 Å². The van der Waals surface area contributed by atoms with Gasteiger partial charge < -0.3 is 5.32 Å². The Hall–Kier alpha value is -0.170. The molecule has 0 saturated carbocycles. The maximum Gasteiger partial charge on any atom is 0.0545 e. The summed E-state index contributed by atoms with van der Waals surface area (Å²) in [5.74, 6) is 5.39. The lowest BCUT2D eigenvalue weighted by atomic mass is 9.90. The van der Waals surface area contributed by atoms with E-state index in [4.69, 9.17) is 6.42 Å². The Labute approximate surface area is 117 Å². The number of thioether (sulfide) groups is 1. The number of nitrogens with zero attached hydrogens (tertiary/aromatic N) is 1. The minimum atomic E-state index is 0.280. The molecule has 2 unspecified atom stereocenters. The molecule has 2 atom stereocenters. The highest BCUT2D eigenvalue weighted by Gasteiger charge is 2.35. The van der Waals surface area contributed by atoms with Gasteiger partial charge in [0.15, 0.2) is 0 Å². The van der Waals surface area contributed by atoms with Crippen molar-refractivity contribution >= 4 is 11.8 Å². The van der Waals surface area contributed by atoms with Crippen LogP contribution in [0, 0.1) is 18.3 Å². The van der Waals surface area contributed by atoms with Gasteiger partial charge in [-0.3, -0.25) is 4.90 Å². The van der Waals surface area contributed by atoms with E-state index in [0.717, 1.165) is 31.1 Å². The first-order chi connectivity index (χ1) is 8.52. The van der Waals surface area contributed by atoms with E-state index in [1.807, 2.05) is 11.8 Å². The smallest absolute Gasteiger partial charge is 0.0545 e. The molecule has 0 aromatic rings. The average molecular weight is 268 g/mol. The Balaban J connectivity index is 2.53. The van der Waals surface area contributed by atoms with Gasteiger partial charge in [-0.05, 0) is 19.3 Å². The van der Waals surface area contributed by atoms with Crippen LogP contribution < -0.4 is 5.32 Å². The minimum Gasteiger partial charge on any atom is -0.309 e. The van der Waals surface area contributed by atoms with Gasteiger partial charge in [-0.15, -0.1) is 18.2 Å². The molecule has 2 nitrogen and oxygen atoms in total. The Morgan fingerprint density at radius 2 is 2.28 bits per heavy atom. The van der Waals surface area contributed by atoms with E-state index in [2.05, 4.69) is 43.8 Å². The number of nitrogens with one attached hydrogen (secondary N) is 1. The first kappa shape index (κ1) is 15.9. The van der Waals surface area contributed by atoms with Crippen LogP contribution in [0.3, 0.4) is 0 Å². The summed E-state index contributed by atoms with van der Waals surface area (Å²) in [6.07, 6.45) is 6.48. The molecular formula is C15H28N2S. The summed E-state index contributed by atoms with van der Waals surface area (Å²) in [7, 11) is 0. The third-order valence-corrected chi connectivity index (χ3v) is 4.86. The maximum absolute atomic E-state index is 5.29. The highest BCUT2D eigenvalue weighted by Crippen LogP contribution is 2.22. The lowest BCUT2D eigenvalue weighted by molar-refractivity contribution is 0.0661. The molecule has 1 N–H and O–H groups in total. The molecule has 3 heteroatoms. The van der Waals surface area contributed by atoms with E-state index in [9.17, 15) is 0 Å². The van der Waals surface area contributed by atoms with Crippen LogP contribution in [0.2, 0.25) is 0 Å². The Morgan fingerprint density at radius 1 is 1.56 bits per heavy atom. The Bertz CT molecular complexity index is 285. The van der Waals surface area contributed by atoms with Crippen LogP contribution in [-0.4, -0.2) is 47.6 Å². The van der Waals surface area contributed by atoms with Gasteiger partial charge in [-0.1, -0.05) is 26.7 Å². The van der Waals surface area contributed by atoms with Gasteiger partial charge in [0, 0.05) is 37.0 Å². The van der Waals surface area contributed by atoms with Crippen molar-refractivity contribution in [1.29, 1.82) is 0 Å². The molecule has 1 heterocycles. The summed E-state index contributed by atoms with van der Waals surface area (Å²) in [5, 5.41) is 3.73. The van der Waals surface area contributed by atoms with Crippen LogP contribution >= 0.6 is 11.8 Å². The third kappa shape index (κ3) is 4.50. The minimum absolute atomic E-state index is 0.280. The fourth-order valence-electron chi connectivity index (χ4n) is 2.55. The number of hydrogen-bond acceptors (Lipinski definition) is 3. The van der Waals surface area contributed by atoms with Gasteiger partial charge in [0.05, 0.1) is 5.75 Å². The van der Waals surface area contributed by atoms with E-state index in [1.54, 1.807) is 0 Å². The number of rotatable bonds is 6. The first-order valence-corrected chi connectivity index (χ1v) is 8.18. The van der Waals surface area contributed by atoms with Crippen LogP contribution in [0.15, 0.2) is 0 Å². The summed E-state index contributed by atoms with van der Waals surface area (Å²) < 4.78 is 0. The van der Waals surface area contributed by atoms with Crippen LogP contribution in [0.25, 0.3) is 0 Å². The fourth-order valence-corrected chi connectivity index (χ4v) is 3.18. The van der Waals surface area contributed by atoms with Gasteiger partial charge >= 0.3 is 0 Å². The normalized spacial score (nSPS) is 29.4. The maximum atomic E-state index is 5.29. The number of terminal acetylenes is 1. The summed E-state index contributed by atoms with van der Waals surface area (Å²) in [5.41, 5.74) is 0.280. The van der Waals surface area contributed by atoms with Crippen molar-refractivity contribution < 1.29 is 0 Å². The van der Waals surface area contributed by atoms with Gasteiger partial charge in [-0.2, -0.15) is 0 Å². The zero-order chi connectivity index (χ0) is 13.6. The second kappa shape index (κ2) is 7.43. The van der Waals surface area contributed by atoms with Crippen LogP contribution in [0.1, 0.15) is 34.1 Å². The van der Waals surface area contributed by atoms with E-state index >= 15 is 0 Å². The molecule has 1 aliphatic heterocycles. The lowest BCUT2D eigenvalue weighted by Gasteiger charge is -2.47. The van der Waals surface area contributed by atoms with Crippen molar-refractivity contribution in [3.63, 3.8) is 0 Å². The molecule has 1 aliphatic rings. The average Bonchev–Trinajstić information content (AvgIpc) is 2.34. The van der Waals surface area contributed by atoms with Gasteiger partial charge in [0.1, 0.15) is 0 Å². The quantitative estimate of drug-likeness (QED) is 0.588. The van der Waals surface area contributed by atoms with E-state index < -0.39 is 0 Å². The number of hydrogen-bond donors (Lipinski definition) is 1. The second-order valence-electron chi connectivity index (χ2n) is 5.83. The van der Waals surface area contributed by atoms with Crippen LogP contribution in [0.5, 0.6) is 0 Å². The third-order valence-electron chi connectivity index (χ3n) is 4.02. The molecule has 0 aromatic heterocycles. The molecule has 104 valence electrons. The first-order valence-electron chi connectivity index (χ1n) is 7.02. The molecular weight excluding hydrogens is 240 g/mol. The summed E-state index contributed by atoms with van der Waals surface area (Å²) >= 11 is 1.87. The van der Waals surface area contributed by atoms with Crippen molar-refractivity contribution in [1.82, 2.24) is 10.2 Å². The largest absolute Gasteiger partial charge is 0.309 e. The Morgan fingerprint density at radius 3 is 2.83 bits per heavy atom. The standard InChI is InChI=1S/C15H28N2S/c1-6-9-18-10-8-17-12-15(5,7-2)16-11-14(17)13(3)4/h1,13-14,16H,7-12H2,2-5H3. The molecule has 0 amide bonds. The van der Waals surface area contributed by atoms with E-state index in [0.29, 0.717) is 12.0 Å². The second-order valence-corrected chi connectivity index (χ2v) is 6.94. The van der Waals surface area contributed by atoms with Crippen LogP contribution in [-0.2, 0) is 0 Å². The fraction of sp³-hybridized carbons (Fsp3) is 0.867. The zero-order valence-corrected chi connectivity index (χ0v) is 13.1. The molecule has 0 spiro atoms. The SMILES string of the molecule is C#CCSCCN1CC(C)(CC)NCC1C(C)C. The summed E-state index contributed by atoms with van der Waals surface area (Å²) in [4.78, 5) is 2.66. The van der Waals surface area contributed by atoms with Gasteiger partial charge in [-0.25, -0.2) is 0 Å². The molecule has 1 rings (SSSR count). The monoisotopic (exact) mass is 268 g/mol. The molecule has 0 bridgehead atoms. The summed E-state index contributed by atoms with van der Waals surface area (Å²) in [6.45, 7) is 12.7. The lowest BCUT2D eigenvalue weighted by Crippen LogP contribution is -2.64. The molecule has 1 saturated heterocycles. The van der Waals surface area contributed by atoms with Crippen molar-refractivity contribution in [3.8, 4) is 12.3 Å². The van der Waals surface area contributed by atoms with Crippen molar-refractivity contribution in [2.24, 2.45) is 5.92 Å². The molecule has 0 aromatic carbocycles. The predicted octanol–water partition coefficient (Wildman–Crippen LogP) is 2.45. The topological polar surface area (TPSA) is 15.3 Å². The molecule has 0 aliphatic carbocycles. The van der Waals surface area contributed by atoms with E-state index in [1.165, 1.54) is 6.42 Å². The number of piperazine rings is 1. The van der Waals surface area contributed by atoms with Crippen molar-refractivity contribution in [3.05, 3.63) is 0 Å². The van der Waals surface area contributed by atoms with Crippen LogP contribution in [0.4, 0.5) is 0 Å².